The smallest absolute Gasteiger partial charge is 0.388 e. The molecule has 1 rings (SSSR count). The molecular weight excluding hydrogens is 281 g/mol. The standard InChI is InChI=1S/C15H21F3N2O/c1-4-10(5-2)9-20-14(21)11-6-7-13(19-3)12(8-11)15(16,17)18/h6-8,10,19H,4-5,9H2,1-3H3,(H,20,21). The molecule has 0 unspecified atom stereocenters. The summed E-state index contributed by atoms with van der Waals surface area (Å²) in [7, 11) is 1.41. The number of carbonyl (C=O) groups is 1. The van der Waals surface area contributed by atoms with Crippen molar-refractivity contribution in [1.82, 2.24) is 5.32 Å². The summed E-state index contributed by atoms with van der Waals surface area (Å²) < 4.78 is 38.8. The van der Waals surface area contributed by atoms with Crippen molar-refractivity contribution >= 4 is 11.6 Å². The van der Waals surface area contributed by atoms with Gasteiger partial charge in [-0.25, -0.2) is 0 Å². The third-order valence-corrected chi connectivity index (χ3v) is 3.56. The highest BCUT2D eigenvalue weighted by atomic mass is 19.4. The topological polar surface area (TPSA) is 41.1 Å². The number of anilines is 1. The van der Waals surface area contributed by atoms with E-state index in [-0.39, 0.29) is 11.3 Å². The summed E-state index contributed by atoms with van der Waals surface area (Å²) in [6.45, 7) is 4.51. The molecule has 0 heterocycles. The highest BCUT2D eigenvalue weighted by Gasteiger charge is 2.34. The first-order chi connectivity index (χ1) is 9.83. The average Bonchev–Trinajstić information content (AvgIpc) is 2.46. The van der Waals surface area contributed by atoms with E-state index in [1.807, 2.05) is 13.8 Å². The van der Waals surface area contributed by atoms with E-state index in [4.69, 9.17) is 0 Å². The predicted octanol–water partition coefficient (Wildman–Crippen LogP) is 3.91. The number of alkyl halides is 3. The van der Waals surface area contributed by atoms with Crippen molar-refractivity contribution in [2.24, 2.45) is 5.92 Å². The van der Waals surface area contributed by atoms with Gasteiger partial charge in [-0.05, 0) is 24.1 Å². The third-order valence-electron chi connectivity index (χ3n) is 3.56. The number of amides is 1. The van der Waals surface area contributed by atoms with Crippen LogP contribution >= 0.6 is 0 Å². The molecule has 0 spiro atoms. The van der Waals surface area contributed by atoms with Gasteiger partial charge in [0.15, 0.2) is 0 Å². The van der Waals surface area contributed by atoms with E-state index < -0.39 is 17.6 Å². The molecule has 2 N–H and O–H groups in total. The van der Waals surface area contributed by atoms with Crippen LogP contribution in [0.3, 0.4) is 0 Å². The Hall–Kier alpha value is -1.72. The van der Waals surface area contributed by atoms with E-state index in [0.717, 1.165) is 18.9 Å². The lowest BCUT2D eigenvalue weighted by Gasteiger charge is -2.16. The highest BCUT2D eigenvalue weighted by Crippen LogP contribution is 2.35. The van der Waals surface area contributed by atoms with Crippen LogP contribution in [-0.4, -0.2) is 19.5 Å². The Balaban J connectivity index is 2.91. The van der Waals surface area contributed by atoms with Gasteiger partial charge in [-0.2, -0.15) is 13.2 Å². The van der Waals surface area contributed by atoms with E-state index in [1.165, 1.54) is 19.2 Å². The zero-order chi connectivity index (χ0) is 16.0. The highest BCUT2D eigenvalue weighted by molar-refractivity contribution is 5.95. The molecule has 1 amide bonds. The maximum Gasteiger partial charge on any atom is 0.418 e. The predicted molar refractivity (Wildman–Crippen MR) is 77.4 cm³/mol. The summed E-state index contributed by atoms with van der Waals surface area (Å²) in [4.78, 5) is 12.0. The van der Waals surface area contributed by atoms with Gasteiger partial charge in [0, 0.05) is 24.8 Å². The second-order valence-corrected chi connectivity index (χ2v) is 4.90. The number of hydrogen-bond acceptors (Lipinski definition) is 2. The van der Waals surface area contributed by atoms with Crippen molar-refractivity contribution < 1.29 is 18.0 Å². The zero-order valence-corrected chi connectivity index (χ0v) is 12.5. The van der Waals surface area contributed by atoms with Crippen LogP contribution in [0.2, 0.25) is 0 Å². The number of nitrogens with one attached hydrogen (secondary N) is 2. The second-order valence-electron chi connectivity index (χ2n) is 4.90. The maximum absolute atomic E-state index is 12.9. The maximum atomic E-state index is 12.9. The molecule has 3 nitrogen and oxygen atoms in total. The molecule has 0 aromatic heterocycles. The Morgan fingerprint density at radius 2 is 1.86 bits per heavy atom. The number of carbonyl (C=O) groups excluding carboxylic acids is 1. The van der Waals surface area contributed by atoms with E-state index in [9.17, 15) is 18.0 Å². The van der Waals surface area contributed by atoms with Crippen molar-refractivity contribution in [2.75, 3.05) is 18.9 Å². The van der Waals surface area contributed by atoms with Gasteiger partial charge in [-0.3, -0.25) is 4.79 Å². The molecule has 1 aromatic rings. The van der Waals surface area contributed by atoms with Crippen LogP contribution in [0.5, 0.6) is 0 Å². The summed E-state index contributed by atoms with van der Waals surface area (Å²) in [5.74, 6) is -0.136. The van der Waals surface area contributed by atoms with Crippen LogP contribution in [0, 0.1) is 5.92 Å². The molecule has 21 heavy (non-hydrogen) atoms. The van der Waals surface area contributed by atoms with Crippen molar-refractivity contribution in [2.45, 2.75) is 32.9 Å². The third kappa shape index (κ3) is 4.65. The lowest BCUT2D eigenvalue weighted by molar-refractivity contribution is -0.136. The molecule has 6 heteroatoms. The van der Waals surface area contributed by atoms with Crippen LogP contribution in [0.1, 0.15) is 42.6 Å². The Bertz CT molecular complexity index is 482. The van der Waals surface area contributed by atoms with Crippen LogP contribution in [0.4, 0.5) is 18.9 Å². The second kappa shape index (κ2) is 7.33. The summed E-state index contributed by atoms with van der Waals surface area (Å²) in [5.41, 5.74) is -0.855. The molecular formula is C15H21F3N2O. The molecule has 0 radical (unpaired) electrons. The molecule has 0 aliphatic rings. The molecule has 0 atom stereocenters. The van der Waals surface area contributed by atoms with E-state index in [0.29, 0.717) is 12.5 Å². The van der Waals surface area contributed by atoms with Crippen molar-refractivity contribution in [3.8, 4) is 0 Å². The largest absolute Gasteiger partial charge is 0.418 e. The quantitative estimate of drug-likeness (QED) is 0.836. The molecule has 1 aromatic carbocycles. The lowest BCUT2D eigenvalue weighted by Crippen LogP contribution is -2.29. The van der Waals surface area contributed by atoms with E-state index in [1.54, 1.807) is 0 Å². The van der Waals surface area contributed by atoms with Crippen molar-refractivity contribution in [3.63, 3.8) is 0 Å². The minimum atomic E-state index is -4.50. The Morgan fingerprint density at radius 1 is 1.24 bits per heavy atom. The fourth-order valence-corrected chi connectivity index (χ4v) is 2.05. The van der Waals surface area contributed by atoms with Crippen LogP contribution in [-0.2, 0) is 6.18 Å². The van der Waals surface area contributed by atoms with E-state index >= 15 is 0 Å². The first kappa shape index (κ1) is 17.3. The SMILES string of the molecule is CCC(CC)CNC(=O)c1ccc(NC)c(C(F)(F)F)c1. The molecule has 0 aliphatic carbocycles. The Morgan fingerprint density at radius 3 is 2.33 bits per heavy atom. The van der Waals surface area contributed by atoms with Gasteiger partial charge in [0.2, 0.25) is 0 Å². The van der Waals surface area contributed by atoms with Gasteiger partial charge >= 0.3 is 6.18 Å². The molecule has 0 bridgehead atoms. The summed E-state index contributed by atoms with van der Waals surface area (Å²) in [6, 6.07) is 3.55. The summed E-state index contributed by atoms with van der Waals surface area (Å²) in [6.07, 6.45) is -2.66. The first-order valence-electron chi connectivity index (χ1n) is 7.00. The van der Waals surface area contributed by atoms with Crippen LogP contribution < -0.4 is 10.6 Å². The van der Waals surface area contributed by atoms with E-state index in [2.05, 4.69) is 10.6 Å². The fourth-order valence-electron chi connectivity index (χ4n) is 2.05. The zero-order valence-electron chi connectivity index (χ0n) is 12.5. The van der Waals surface area contributed by atoms with Gasteiger partial charge in [0.05, 0.1) is 5.56 Å². The summed E-state index contributed by atoms with van der Waals surface area (Å²) in [5, 5.41) is 5.18. The van der Waals surface area contributed by atoms with Gasteiger partial charge in [0.1, 0.15) is 0 Å². The monoisotopic (exact) mass is 302 g/mol. The van der Waals surface area contributed by atoms with Crippen LogP contribution in [0.25, 0.3) is 0 Å². The number of hydrogen-bond donors (Lipinski definition) is 2. The molecule has 0 fully saturated rings. The normalized spacial score (nSPS) is 11.6. The number of benzene rings is 1. The lowest BCUT2D eigenvalue weighted by atomic mass is 10.0. The Kier molecular flexibility index (Phi) is 6.05. The van der Waals surface area contributed by atoms with Gasteiger partial charge in [0.25, 0.3) is 5.91 Å². The fraction of sp³-hybridized carbons (Fsp3) is 0.533. The molecule has 0 saturated heterocycles. The first-order valence-corrected chi connectivity index (χ1v) is 7.00. The van der Waals surface area contributed by atoms with Gasteiger partial charge in [-0.1, -0.05) is 26.7 Å². The van der Waals surface area contributed by atoms with Crippen molar-refractivity contribution in [3.05, 3.63) is 29.3 Å². The minimum absolute atomic E-state index is 0.0206. The Labute approximate surface area is 122 Å². The number of halogens is 3. The average molecular weight is 302 g/mol. The molecule has 0 saturated carbocycles. The number of rotatable bonds is 6. The summed E-state index contributed by atoms with van der Waals surface area (Å²) >= 11 is 0. The van der Waals surface area contributed by atoms with Crippen molar-refractivity contribution in [1.29, 1.82) is 0 Å². The van der Waals surface area contributed by atoms with Crippen LogP contribution in [0.15, 0.2) is 18.2 Å². The van der Waals surface area contributed by atoms with Gasteiger partial charge < -0.3 is 10.6 Å². The van der Waals surface area contributed by atoms with Gasteiger partial charge in [-0.15, -0.1) is 0 Å². The molecule has 0 aliphatic heterocycles. The molecule has 118 valence electrons. The minimum Gasteiger partial charge on any atom is -0.388 e.